The molecule has 0 saturated carbocycles. The van der Waals surface area contributed by atoms with E-state index in [1.54, 1.807) is 0 Å². The summed E-state index contributed by atoms with van der Waals surface area (Å²) in [5.74, 6) is -3.74. The summed E-state index contributed by atoms with van der Waals surface area (Å²) >= 11 is 0. The quantitative estimate of drug-likeness (QED) is 0.537. The Balaban J connectivity index is 3.30. The molecule has 14 heavy (non-hydrogen) atoms. The molecule has 0 amide bonds. The third-order valence-electron chi connectivity index (χ3n) is 1.62. The average molecular weight is 211 g/mol. The molecule has 0 aromatic heterocycles. The Morgan fingerprint density at radius 3 is 2.14 bits per heavy atom. The smallest absolute Gasteiger partial charge is 0.494 e. The van der Waals surface area contributed by atoms with Crippen LogP contribution in [0.1, 0.15) is 0 Å². The first-order valence-electron chi connectivity index (χ1n) is 3.59. The van der Waals surface area contributed by atoms with Gasteiger partial charge >= 0.3 is 6.98 Å². The van der Waals surface area contributed by atoms with E-state index in [0.29, 0.717) is 6.07 Å². The Labute approximate surface area is 76.5 Å². The summed E-state index contributed by atoms with van der Waals surface area (Å²) in [5, 5.41) is 0. The van der Waals surface area contributed by atoms with Crippen LogP contribution in [0.4, 0.5) is 21.7 Å². The van der Waals surface area contributed by atoms with Crippen LogP contribution in [0.5, 0.6) is 5.75 Å². The fraction of sp³-hybridized carbons (Fsp3) is 0.143. The molecule has 1 aromatic rings. The van der Waals surface area contributed by atoms with Gasteiger partial charge in [0.1, 0.15) is 0 Å². The third-order valence-corrected chi connectivity index (χ3v) is 1.62. The van der Waals surface area contributed by atoms with E-state index >= 15 is 0 Å². The molecule has 0 spiro atoms. The van der Waals surface area contributed by atoms with Gasteiger partial charge in [0.2, 0.25) is 0 Å². The molecule has 0 fully saturated rings. The van der Waals surface area contributed by atoms with Crippen molar-refractivity contribution >= 4 is 12.4 Å². The second-order valence-corrected chi connectivity index (χ2v) is 2.59. The summed E-state index contributed by atoms with van der Waals surface area (Å²) in [7, 11) is 0.963. The van der Waals surface area contributed by atoms with Gasteiger partial charge in [-0.1, -0.05) is 0 Å². The molecule has 78 valence electrons. The summed E-state index contributed by atoms with van der Waals surface area (Å²) in [6, 6.07) is 0.538. The largest absolute Gasteiger partial charge is 0.509 e. The van der Waals surface area contributed by atoms with Crippen molar-refractivity contribution in [3.8, 4) is 5.75 Å². The number of hydrogen-bond donors (Lipinski definition) is 0. The highest BCUT2D eigenvalue weighted by atomic mass is 19.4. The highest BCUT2D eigenvalue weighted by Crippen LogP contribution is 2.20. The topological polar surface area (TPSA) is 9.23 Å². The van der Waals surface area contributed by atoms with Crippen molar-refractivity contribution < 1.29 is 26.5 Å². The minimum Gasteiger partial charge on any atom is -0.494 e. The summed E-state index contributed by atoms with van der Waals surface area (Å²) < 4.78 is 66.0. The van der Waals surface area contributed by atoms with E-state index in [9.17, 15) is 21.7 Å². The third kappa shape index (κ3) is 1.97. The van der Waals surface area contributed by atoms with E-state index < -0.39 is 29.8 Å². The van der Waals surface area contributed by atoms with Gasteiger partial charge in [-0.2, -0.15) is 4.39 Å². The molecule has 7 heteroatoms. The maximum Gasteiger partial charge on any atom is 0.509 e. The average Bonchev–Trinajstić information content (AvgIpc) is 2.07. The summed E-state index contributed by atoms with van der Waals surface area (Å²) in [5.41, 5.74) is -1.22. The first kappa shape index (κ1) is 10.8. The fourth-order valence-corrected chi connectivity index (χ4v) is 0.921. The van der Waals surface area contributed by atoms with Crippen LogP contribution in [0.15, 0.2) is 12.1 Å². The summed E-state index contributed by atoms with van der Waals surface area (Å²) in [6.07, 6.45) is 0. The lowest BCUT2D eigenvalue weighted by Gasteiger charge is -2.16. The Morgan fingerprint density at radius 1 is 1.14 bits per heavy atom. The van der Waals surface area contributed by atoms with Gasteiger partial charge in [-0.25, -0.2) is 4.39 Å². The van der Waals surface area contributed by atoms with Gasteiger partial charge in [0.25, 0.3) is 0 Å². The maximum absolute atomic E-state index is 12.7. The first-order chi connectivity index (χ1) is 6.36. The van der Waals surface area contributed by atoms with Gasteiger partial charge in [-0.3, -0.25) is 0 Å². The molecule has 0 heterocycles. The molecule has 0 saturated heterocycles. The van der Waals surface area contributed by atoms with E-state index in [1.807, 2.05) is 0 Å². The second-order valence-electron chi connectivity index (χ2n) is 2.59. The molecule has 1 aromatic carbocycles. The van der Waals surface area contributed by atoms with Crippen molar-refractivity contribution in [3.63, 3.8) is 0 Å². The minimum atomic E-state index is -5.35. The number of ether oxygens (including phenoxy) is 1. The fourth-order valence-electron chi connectivity index (χ4n) is 0.921. The highest BCUT2D eigenvalue weighted by Gasteiger charge is 2.28. The van der Waals surface area contributed by atoms with Crippen LogP contribution in [0.3, 0.4) is 0 Å². The second kappa shape index (κ2) is 3.47. The van der Waals surface area contributed by atoms with Gasteiger partial charge in [-0.15, -0.1) is 5.46 Å². The molecule has 0 aliphatic carbocycles. The Kier molecular flexibility index (Phi) is 2.68. The van der Waals surface area contributed by atoms with Crippen LogP contribution in [0.25, 0.3) is 0 Å². The molecule has 0 aliphatic heterocycles. The van der Waals surface area contributed by atoms with E-state index in [0.717, 1.165) is 7.11 Å². The van der Waals surface area contributed by atoms with Crippen LogP contribution in [0, 0.1) is 11.6 Å². The van der Waals surface area contributed by atoms with Crippen molar-refractivity contribution in [1.29, 1.82) is 0 Å². The van der Waals surface area contributed by atoms with E-state index in [2.05, 4.69) is 4.74 Å². The lowest BCUT2D eigenvalue weighted by atomic mass is 9.80. The minimum absolute atomic E-state index is 0.109. The van der Waals surface area contributed by atoms with Crippen LogP contribution in [-0.2, 0) is 0 Å². The number of rotatable bonds is 2. The first-order valence-corrected chi connectivity index (χ1v) is 3.59. The molecule has 0 N–H and O–H groups in total. The predicted octanol–water partition coefficient (Wildman–Crippen LogP) is 2.03. The molecular weight excluding hydrogens is 206 g/mol. The van der Waals surface area contributed by atoms with Gasteiger partial charge in [0.15, 0.2) is 17.4 Å². The van der Waals surface area contributed by atoms with Crippen LogP contribution in [0.2, 0.25) is 0 Å². The van der Waals surface area contributed by atoms with Crippen LogP contribution < -0.4 is 10.2 Å². The van der Waals surface area contributed by atoms with Crippen molar-refractivity contribution in [2.45, 2.75) is 0 Å². The molecule has 0 unspecified atom stereocenters. The van der Waals surface area contributed by atoms with Gasteiger partial charge in [-0.05, 0) is 12.1 Å². The van der Waals surface area contributed by atoms with E-state index in [-0.39, 0.29) is 6.07 Å². The Hall–Kier alpha value is -1.27. The number of halogens is 5. The zero-order valence-electron chi connectivity index (χ0n) is 7.03. The van der Waals surface area contributed by atoms with E-state index in [4.69, 9.17) is 0 Å². The molecule has 0 bridgehead atoms. The Bertz CT molecular complexity index is 349. The predicted molar refractivity (Wildman–Crippen MR) is 41.6 cm³/mol. The zero-order chi connectivity index (χ0) is 10.9. The molecule has 1 nitrogen and oxygen atoms in total. The van der Waals surface area contributed by atoms with Crippen LogP contribution >= 0.6 is 0 Å². The van der Waals surface area contributed by atoms with E-state index in [1.165, 1.54) is 0 Å². The Morgan fingerprint density at radius 2 is 1.71 bits per heavy atom. The van der Waals surface area contributed by atoms with Gasteiger partial charge in [0, 0.05) is 0 Å². The lowest BCUT2D eigenvalue weighted by molar-refractivity contribution is 0.371. The number of benzene rings is 1. The van der Waals surface area contributed by atoms with Crippen molar-refractivity contribution in [1.82, 2.24) is 0 Å². The summed E-state index contributed by atoms with van der Waals surface area (Å²) in [4.78, 5) is 0. The van der Waals surface area contributed by atoms with Crippen molar-refractivity contribution in [2.75, 3.05) is 7.11 Å². The maximum atomic E-state index is 12.7. The molecule has 1 rings (SSSR count). The van der Waals surface area contributed by atoms with Crippen LogP contribution in [-0.4, -0.2) is 14.1 Å². The molecular formula is C7H5BF5O-. The van der Waals surface area contributed by atoms with Crippen molar-refractivity contribution in [2.24, 2.45) is 0 Å². The highest BCUT2D eigenvalue weighted by molar-refractivity contribution is 6.73. The normalized spacial score (nSPS) is 11.6. The van der Waals surface area contributed by atoms with Crippen molar-refractivity contribution in [3.05, 3.63) is 23.8 Å². The molecule has 0 atom stereocenters. The zero-order valence-corrected chi connectivity index (χ0v) is 7.03. The van der Waals surface area contributed by atoms with Gasteiger partial charge < -0.3 is 17.7 Å². The standard InChI is InChI=1S/C7H5BF5O/c1-14-6-3-4(8(11,12)13)2-5(9)7(6)10/h2-3H,1H3/q-1. The summed E-state index contributed by atoms with van der Waals surface area (Å²) in [6.45, 7) is -5.35. The number of methoxy groups -OCH3 is 1. The lowest BCUT2D eigenvalue weighted by Crippen LogP contribution is -2.34. The molecule has 0 radical (unpaired) electrons. The SMILES string of the molecule is COc1cc([B-](F)(F)F)cc(F)c1F. The number of hydrogen-bond acceptors (Lipinski definition) is 1. The van der Waals surface area contributed by atoms with Gasteiger partial charge in [0.05, 0.1) is 7.11 Å². The molecule has 0 aliphatic rings. The monoisotopic (exact) mass is 211 g/mol.